The zero-order valence-electron chi connectivity index (χ0n) is 10.7. The maximum absolute atomic E-state index is 10.7. The van der Waals surface area contributed by atoms with Gasteiger partial charge in [-0.05, 0) is 30.6 Å². The number of nitrogens with zero attached hydrogens (tertiary/aromatic N) is 2. The largest absolute Gasteiger partial charge is 0.481 e. The molecule has 0 radical (unpaired) electrons. The summed E-state index contributed by atoms with van der Waals surface area (Å²) in [4.78, 5) is 15.2. The number of carbonyl (C=O) groups is 1. The molecule has 0 unspecified atom stereocenters. The molecule has 4 nitrogen and oxygen atoms in total. The Hall–Kier alpha value is -1.14. The van der Waals surface area contributed by atoms with Crippen LogP contribution in [0.1, 0.15) is 6.42 Å². The van der Waals surface area contributed by atoms with E-state index in [4.69, 9.17) is 5.11 Å². The number of benzene rings is 1. The molecule has 1 aromatic heterocycles. The van der Waals surface area contributed by atoms with Crippen LogP contribution >= 0.6 is 23.5 Å². The summed E-state index contributed by atoms with van der Waals surface area (Å²) in [6, 6.07) is 7.94. The van der Waals surface area contributed by atoms with Crippen LogP contribution in [0.3, 0.4) is 0 Å². The van der Waals surface area contributed by atoms with Crippen molar-refractivity contribution in [3.63, 3.8) is 0 Å². The van der Waals surface area contributed by atoms with Crippen LogP contribution in [0.5, 0.6) is 0 Å². The van der Waals surface area contributed by atoms with Gasteiger partial charge in [0, 0.05) is 6.54 Å². The summed E-state index contributed by atoms with van der Waals surface area (Å²) in [5.41, 5.74) is 2.01. The first-order valence-electron chi connectivity index (χ1n) is 6.01. The number of carboxylic acids is 1. The minimum absolute atomic E-state index is 0.0475. The molecule has 6 heteroatoms. The van der Waals surface area contributed by atoms with Crippen LogP contribution in [-0.4, -0.2) is 38.4 Å². The molecule has 1 heterocycles. The van der Waals surface area contributed by atoms with Gasteiger partial charge in [-0.25, -0.2) is 4.98 Å². The van der Waals surface area contributed by atoms with Gasteiger partial charge >= 0.3 is 5.97 Å². The Balaban J connectivity index is 2.26. The smallest absolute Gasteiger partial charge is 0.313 e. The summed E-state index contributed by atoms with van der Waals surface area (Å²) >= 11 is 3.10. The number of aryl methyl sites for hydroxylation is 1. The molecule has 0 saturated carbocycles. The molecule has 19 heavy (non-hydrogen) atoms. The summed E-state index contributed by atoms with van der Waals surface area (Å²) in [6.07, 6.45) is 3.15. The molecule has 0 bridgehead atoms. The molecule has 0 aliphatic heterocycles. The van der Waals surface area contributed by atoms with Crippen LogP contribution < -0.4 is 0 Å². The number of aromatic nitrogens is 2. The van der Waals surface area contributed by atoms with E-state index in [2.05, 4.69) is 15.8 Å². The van der Waals surface area contributed by atoms with Gasteiger partial charge < -0.3 is 9.67 Å². The average molecular weight is 296 g/mol. The van der Waals surface area contributed by atoms with Crippen molar-refractivity contribution >= 4 is 40.5 Å². The molecule has 0 fully saturated rings. The van der Waals surface area contributed by atoms with Crippen molar-refractivity contribution < 1.29 is 9.90 Å². The Morgan fingerprint density at radius 3 is 2.95 bits per heavy atom. The van der Waals surface area contributed by atoms with Crippen LogP contribution in [0.2, 0.25) is 0 Å². The normalized spacial score (nSPS) is 11.0. The number of hydrogen-bond donors (Lipinski definition) is 1. The lowest BCUT2D eigenvalue weighted by atomic mass is 10.3. The lowest BCUT2D eigenvalue weighted by molar-refractivity contribution is -0.133. The van der Waals surface area contributed by atoms with E-state index < -0.39 is 5.97 Å². The number of para-hydroxylation sites is 2. The van der Waals surface area contributed by atoms with Crippen molar-refractivity contribution in [3.8, 4) is 0 Å². The van der Waals surface area contributed by atoms with E-state index in [0.717, 1.165) is 34.9 Å². The standard InChI is InChI=1S/C13H16N2O2S2/c1-18-8-4-7-15-11-6-3-2-5-10(11)14-13(15)19-9-12(16)17/h2-3,5-6H,4,7-9H2,1H3,(H,16,17). The summed E-state index contributed by atoms with van der Waals surface area (Å²) in [5, 5.41) is 9.59. The topological polar surface area (TPSA) is 55.1 Å². The monoisotopic (exact) mass is 296 g/mol. The third-order valence-electron chi connectivity index (χ3n) is 2.67. The third-order valence-corrected chi connectivity index (χ3v) is 4.33. The quantitative estimate of drug-likeness (QED) is 0.629. The highest BCUT2D eigenvalue weighted by molar-refractivity contribution is 7.99. The molecule has 2 aromatic rings. The average Bonchev–Trinajstić information content (AvgIpc) is 2.75. The number of hydrogen-bond acceptors (Lipinski definition) is 4. The highest BCUT2D eigenvalue weighted by Gasteiger charge is 2.11. The summed E-state index contributed by atoms with van der Waals surface area (Å²) in [5.74, 6) is 0.328. The number of carboxylic acid groups (broad SMARTS) is 1. The van der Waals surface area contributed by atoms with Gasteiger partial charge in [0.15, 0.2) is 5.16 Å². The molecule has 1 aromatic carbocycles. The van der Waals surface area contributed by atoms with E-state index in [1.807, 2.05) is 36.0 Å². The van der Waals surface area contributed by atoms with E-state index in [-0.39, 0.29) is 5.75 Å². The lowest BCUT2D eigenvalue weighted by Gasteiger charge is -2.07. The first-order valence-corrected chi connectivity index (χ1v) is 8.39. The molecule has 0 aliphatic carbocycles. The van der Waals surface area contributed by atoms with Crippen LogP contribution in [0, 0.1) is 0 Å². The van der Waals surface area contributed by atoms with Crippen molar-refractivity contribution in [1.82, 2.24) is 9.55 Å². The highest BCUT2D eigenvalue weighted by Crippen LogP contribution is 2.24. The molecular formula is C13H16N2O2S2. The van der Waals surface area contributed by atoms with Crippen LogP contribution in [-0.2, 0) is 11.3 Å². The van der Waals surface area contributed by atoms with Crippen LogP contribution in [0.15, 0.2) is 29.4 Å². The van der Waals surface area contributed by atoms with E-state index in [1.54, 1.807) is 0 Å². The van der Waals surface area contributed by atoms with Crippen molar-refractivity contribution in [2.75, 3.05) is 17.8 Å². The molecule has 1 N–H and O–H groups in total. The fourth-order valence-electron chi connectivity index (χ4n) is 1.87. The van der Waals surface area contributed by atoms with Gasteiger partial charge in [0.1, 0.15) is 0 Å². The van der Waals surface area contributed by atoms with Crippen molar-refractivity contribution in [3.05, 3.63) is 24.3 Å². The predicted octanol–water partition coefficient (Wildman–Crippen LogP) is 2.97. The number of fused-ring (bicyclic) bond motifs is 1. The van der Waals surface area contributed by atoms with Gasteiger partial charge in [-0.2, -0.15) is 11.8 Å². The second-order valence-electron chi connectivity index (χ2n) is 4.06. The summed E-state index contributed by atoms with van der Waals surface area (Å²) in [6.45, 7) is 0.878. The molecule has 0 aliphatic rings. The number of thioether (sulfide) groups is 2. The zero-order valence-corrected chi connectivity index (χ0v) is 12.3. The Kier molecular flexibility index (Phi) is 5.15. The third kappa shape index (κ3) is 3.67. The van der Waals surface area contributed by atoms with Gasteiger partial charge in [0.25, 0.3) is 0 Å². The van der Waals surface area contributed by atoms with Gasteiger partial charge in [-0.1, -0.05) is 23.9 Å². The van der Waals surface area contributed by atoms with Gasteiger partial charge in [-0.3, -0.25) is 4.79 Å². The van der Waals surface area contributed by atoms with Crippen molar-refractivity contribution in [2.45, 2.75) is 18.1 Å². The van der Waals surface area contributed by atoms with Gasteiger partial charge in [0.2, 0.25) is 0 Å². The van der Waals surface area contributed by atoms with E-state index in [1.165, 1.54) is 11.8 Å². The summed E-state index contributed by atoms with van der Waals surface area (Å²) in [7, 11) is 0. The van der Waals surface area contributed by atoms with Crippen LogP contribution in [0.25, 0.3) is 11.0 Å². The van der Waals surface area contributed by atoms with E-state index in [0.29, 0.717) is 0 Å². The molecule has 2 rings (SSSR count). The molecule has 0 saturated heterocycles. The first-order chi connectivity index (χ1) is 9.22. The van der Waals surface area contributed by atoms with Crippen LogP contribution in [0.4, 0.5) is 0 Å². The predicted molar refractivity (Wildman–Crippen MR) is 81.1 cm³/mol. The van der Waals surface area contributed by atoms with Crippen molar-refractivity contribution in [1.29, 1.82) is 0 Å². The van der Waals surface area contributed by atoms with Gasteiger partial charge in [0.05, 0.1) is 16.8 Å². The lowest BCUT2D eigenvalue weighted by Crippen LogP contribution is -2.04. The maximum Gasteiger partial charge on any atom is 0.313 e. The molecule has 102 valence electrons. The van der Waals surface area contributed by atoms with E-state index >= 15 is 0 Å². The molecule has 0 spiro atoms. The number of rotatable bonds is 7. The Bertz CT molecular complexity index is 569. The minimum Gasteiger partial charge on any atom is -0.481 e. The minimum atomic E-state index is -0.812. The highest BCUT2D eigenvalue weighted by atomic mass is 32.2. The fraction of sp³-hybridized carbons (Fsp3) is 0.385. The summed E-state index contributed by atoms with van der Waals surface area (Å²) < 4.78 is 2.12. The molecular weight excluding hydrogens is 280 g/mol. The fourth-order valence-corrected chi connectivity index (χ4v) is 3.05. The number of aliphatic carboxylic acids is 1. The van der Waals surface area contributed by atoms with E-state index in [9.17, 15) is 4.79 Å². The Morgan fingerprint density at radius 2 is 2.21 bits per heavy atom. The second-order valence-corrected chi connectivity index (χ2v) is 5.99. The van der Waals surface area contributed by atoms with Crippen molar-refractivity contribution in [2.24, 2.45) is 0 Å². The Labute approximate surface area is 120 Å². The number of imidazole rings is 1. The Morgan fingerprint density at radius 1 is 1.42 bits per heavy atom. The zero-order chi connectivity index (χ0) is 13.7. The first kappa shape index (κ1) is 14.3. The molecule has 0 atom stereocenters. The maximum atomic E-state index is 10.7. The second kappa shape index (κ2) is 6.86. The molecule has 0 amide bonds. The SMILES string of the molecule is CSCCCn1c(SCC(=O)O)nc2ccccc21. The van der Waals surface area contributed by atoms with Gasteiger partial charge in [-0.15, -0.1) is 0 Å².